The molecule has 0 spiro atoms. The van der Waals surface area contributed by atoms with Crippen LogP contribution >= 0.6 is 11.6 Å². The molecule has 3 aromatic heterocycles. The van der Waals surface area contributed by atoms with E-state index in [1.54, 1.807) is 23.6 Å². The van der Waals surface area contributed by atoms with E-state index in [0.29, 0.717) is 34.9 Å². The molecule has 0 radical (unpaired) electrons. The van der Waals surface area contributed by atoms with Gasteiger partial charge in [-0.1, -0.05) is 12.1 Å². The van der Waals surface area contributed by atoms with Crippen LogP contribution in [0.3, 0.4) is 0 Å². The summed E-state index contributed by atoms with van der Waals surface area (Å²) >= 11 is 5.87. The van der Waals surface area contributed by atoms with E-state index in [0.717, 1.165) is 10.3 Å². The first-order valence-corrected chi connectivity index (χ1v) is 8.94. The van der Waals surface area contributed by atoms with Gasteiger partial charge >= 0.3 is 5.69 Å². The molecule has 0 N–H and O–H groups in total. The van der Waals surface area contributed by atoms with E-state index in [1.165, 1.54) is 16.7 Å². The third-order valence-corrected chi connectivity index (χ3v) is 4.87. The van der Waals surface area contributed by atoms with Gasteiger partial charge in [0.2, 0.25) is 5.78 Å². The van der Waals surface area contributed by atoms with Gasteiger partial charge in [0.15, 0.2) is 11.2 Å². The molecule has 4 aromatic rings. The molecular formula is C18H17ClFN5O2. The van der Waals surface area contributed by atoms with E-state index >= 15 is 0 Å². The molecule has 0 fully saturated rings. The van der Waals surface area contributed by atoms with Crippen molar-refractivity contribution in [2.24, 2.45) is 7.05 Å². The number of nitrogens with zero attached hydrogens (tertiary/aromatic N) is 5. The number of rotatable bonds is 4. The summed E-state index contributed by atoms with van der Waals surface area (Å²) in [6.45, 7) is 2.51. The van der Waals surface area contributed by atoms with Crippen molar-refractivity contribution in [2.75, 3.05) is 5.88 Å². The molecule has 1 aromatic carbocycles. The number of aryl methyl sites for hydroxylation is 3. The number of benzene rings is 1. The summed E-state index contributed by atoms with van der Waals surface area (Å²) in [5.41, 5.74) is 1.31. The van der Waals surface area contributed by atoms with Gasteiger partial charge in [-0.05, 0) is 24.6 Å². The summed E-state index contributed by atoms with van der Waals surface area (Å²) in [7, 11) is 1.58. The second-order valence-corrected chi connectivity index (χ2v) is 6.80. The molecule has 0 atom stereocenters. The Kier molecular flexibility index (Phi) is 4.15. The van der Waals surface area contributed by atoms with Gasteiger partial charge in [-0.2, -0.15) is 4.98 Å². The highest BCUT2D eigenvalue weighted by Crippen LogP contribution is 2.16. The summed E-state index contributed by atoms with van der Waals surface area (Å²) < 4.78 is 19.2. The van der Waals surface area contributed by atoms with Crippen LogP contribution in [0.15, 0.2) is 40.1 Å². The Morgan fingerprint density at radius 3 is 2.52 bits per heavy atom. The third kappa shape index (κ3) is 2.68. The van der Waals surface area contributed by atoms with E-state index in [1.807, 2.05) is 17.7 Å². The topological polar surface area (TPSA) is 66.2 Å². The summed E-state index contributed by atoms with van der Waals surface area (Å²) in [5.74, 6) is 0.597. The number of aromatic nitrogens is 5. The van der Waals surface area contributed by atoms with E-state index in [-0.39, 0.29) is 12.4 Å². The van der Waals surface area contributed by atoms with Gasteiger partial charge in [-0.3, -0.25) is 18.3 Å². The van der Waals surface area contributed by atoms with Crippen molar-refractivity contribution in [3.63, 3.8) is 0 Å². The first-order valence-electron chi connectivity index (χ1n) is 8.40. The Bertz CT molecular complexity index is 1280. The first kappa shape index (κ1) is 17.5. The molecule has 0 aliphatic heterocycles. The minimum Gasteiger partial charge on any atom is -0.313 e. The number of halogens is 2. The SMILES string of the molecule is Cc1cn2c3c(=O)n(Cc4ccc(F)cc4)c(=O)n(C)c3nc2n1CCCl. The Balaban J connectivity index is 1.99. The Morgan fingerprint density at radius 2 is 1.85 bits per heavy atom. The third-order valence-electron chi connectivity index (χ3n) is 4.70. The summed E-state index contributed by atoms with van der Waals surface area (Å²) in [5, 5.41) is 0. The van der Waals surface area contributed by atoms with Gasteiger partial charge in [0.25, 0.3) is 5.56 Å². The molecule has 0 unspecified atom stereocenters. The maximum atomic E-state index is 13.1. The maximum absolute atomic E-state index is 13.1. The Labute approximate surface area is 157 Å². The normalized spacial score (nSPS) is 11.7. The molecule has 0 saturated carbocycles. The molecule has 0 saturated heterocycles. The first-order chi connectivity index (χ1) is 12.9. The number of alkyl halides is 1. The van der Waals surface area contributed by atoms with E-state index < -0.39 is 11.2 Å². The lowest BCUT2D eigenvalue weighted by atomic mass is 10.2. The molecule has 0 aliphatic carbocycles. The lowest BCUT2D eigenvalue weighted by molar-refractivity contribution is 0.623. The largest absolute Gasteiger partial charge is 0.332 e. The van der Waals surface area contributed by atoms with Crippen molar-refractivity contribution < 1.29 is 4.39 Å². The highest BCUT2D eigenvalue weighted by atomic mass is 35.5. The predicted molar refractivity (Wildman–Crippen MR) is 101 cm³/mol. The van der Waals surface area contributed by atoms with Crippen molar-refractivity contribution in [1.82, 2.24) is 23.1 Å². The maximum Gasteiger partial charge on any atom is 0.332 e. The quantitative estimate of drug-likeness (QED) is 0.500. The number of hydrogen-bond donors (Lipinski definition) is 0. The molecule has 140 valence electrons. The van der Waals surface area contributed by atoms with E-state index in [2.05, 4.69) is 4.98 Å². The highest BCUT2D eigenvalue weighted by molar-refractivity contribution is 6.17. The van der Waals surface area contributed by atoms with Crippen LogP contribution in [0, 0.1) is 12.7 Å². The number of imidazole rings is 2. The van der Waals surface area contributed by atoms with Crippen LogP contribution in [0.4, 0.5) is 4.39 Å². The summed E-state index contributed by atoms with van der Waals surface area (Å²) in [6.07, 6.45) is 1.81. The molecule has 7 nitrogen and oxygen atoms in total. The van der Waals surface area contributed by atoms with Crippen LogP contribution in [-0.4, -0.2) is 29.0 Å². The second kappa shape index (κ2) is 6.38. The zero-order chi connectivity index (χ0) is 19.3. The average molecular weight is 390 g/mol. The molecule has 0 amide bonds. The fourth-order valence-electron chi connectivity index (χ4n) is 3.33. The zero-order valence-electron chi connectivity index (χ0n) is 14.8. The lowest BCUT2D eigenvalue weighted by Crippen LogP contribution is -2.39. The standard InChI is InChI=1S/C18H17ClFN5O2/c1-11-9-24-14-15(21-17(24)23(11)8-7-19)22(2)18(27)25(16(14)26)10-12-3-5-13(20)6-4-12/h3-6,9H,7-8,10H2,1-2H3. The van der Waals surface area contributed by atoms with Crippen LogP contribution in [0.5, 0.6) is 0 Å². The van der Waals surface area contributed by atoms with Crippen molar-refractivity contribution in [2.45, 2.75) is 20.0 Å². The Morgan fingerprint density at radius 1 is 1.15 bits per heavy atom. The van der Waals surface area contributed by atoms with Crippen LogP contribution in [0.2, 0.25) is 0 Å². The molecule has 0 aliphatic rings. The van der Waals surface area contributed by atoms with Gasteiger partial charge < -0.3 is 4.57 Å². The van der Waals surface area contributed by atoms with Crippen molar-refractivity contribution in [3.8, 4) is 0 Å². The van der Waals surface area contributed by atoms with E-state index in [4.69, 9.17) is 11.6 Å². The van der Waals surface area contributed by atoms with Crippen LogP contribution in [-0.2, 0) is 20.1 Å². The molecule has 0 bridgehead atoms. The molecule has 3 heterocycles. The van der Waals surface area contributed by atoms with Crippen LogP contribution < -0.4 is 11.2 Å². The second-order valence-electron chi connectivity index (χ2n) is 6.42. The van der Waals surface area contributed by atoms with Crippen LogP contribution in [0.1, 0.15) is 11.3 Å². The Hall–Kier alpha value is -2.87. The van der Waals surface area contributed by atoms with Gasteiger partial charge in [-0.25, -0.2) is 9.18 Å². The van der Waals surface area contributed by atoms with Gasteiger partial charge in [-0.15, -0.1) is 11.6 Å². The zero-order valence-corrected chi connectivity index (χ0v) is 15.6. The molecular weight excluding hydrogens is 373 g/mol. The van der Waals surface area contributed by atoms with Crippen molar-refractivity contribution in [3.05, 3.63) is 68.4 Å². The fourth-order valence-corrected chi connectivity index (χ4v) is 3.50. The van der Waals surface area contributed by atoms with Gasteiger partial charge in [0, 0.05) is 31.4 Å². The smallest absolute Gasteiger partial charge is 0.313 e. The van der Waals surface area contributed by atoms with Crippen LogP contribution in [0.25, 0.3) is 16.9 Å². The fraction of sp³-hybridized carbons (Fsp3) is 0.278. The highest BCUT2D eigenvalue weighted by Gasteiger charge is 2.20. The van der Waals surface area contributed by atoms with Crippen molar-refractivity contribution >= 4 is 28.5 Å². The number of fused-ring (bicyclic) bond motifs is 3. The minimum atomic E-state index is -0.474. The summed E-state index contributed by atoms with van der Waals surface area (Å²) in [4.78, 5) is 30.3. The van der Waals surface area contributed by atoms with E-state index in [9.17, 15) is 14.0 Å². The predicted octanol–water partition coefficient (Wildman–Crippen LogP) is 1.88. The molecule has 4 rings (SSSR count). The minimum absolute atomic E-state index is 0.0519. The number of hydrogen-bond acceptors (Lipinski definition) is 3. The summed E-state index contributed by atoms with van der Waals surface area (Å²) in [6, 6.07) is 5.71. The molecule has 27 heavy (non-hydrogen) atoms. The average Bonchev–Trinajstić information content (AvgIpc) is 3.15. The monoisotopic (exact) mass is 389 g/mol. The van der Waals surface area contributed by atoms with Gasteiger partial charge in [0.1, 0.15) is 5.82 Å². The van der Waals surface area contributed by atoms with Gasteiger partial charge in [0.05, 0.1) is 6.54 Å². The van der Waals surface area contributed by atoms with Crippen molar-refractivity contribution in [1.29, 1.82) is 0 Å². The molecule has 9 heteroatoms. The lowest BCUT2D eigenvalue weighted by Gasteiger charge is -2.08.